The van der Waals surface area contributed by atoms with Crippen LogP contribution < -0.4 is 22.1 Å². The number of hydrogen-bond acceptors (Lipinski definition) is 12. The van der Waals surface area contributed by atoms with Crippen molar-refractivity contribution in [1.29, 1.82) is 5.41 Å². The number of amides is 2. The van der Waals surface area contributed by atoms with Crippen molar-refractivity contribution < 1.29 is 66.2 Å². The third kappa shape index (κ3) is 7.78. The van der Waals surface area contributed by atoms with Crippen molar-refractivity contribution in [1.82, 2.24) is 15.5 Å². The number of nitrogens with one attached hydrogen (secondary N) is 3. The predicted octanol–water partition coefficient (Wildman–Crippen LogP) is -3.59. The summed E-state index contributed by atoms with van der Waals surface area (Å²) in [6, 6.07) is -0.974. The van der Waals surface area contributed by atoms with Gasteiger partial charge in [0.2, 0.25) is 0 Å². The first-order chi connectivity index (χ1) is 14.8. The molecular formula is C10H21N6O14P3. The lowest BCUT2D eigenvalue weighted by molar-refractivity contribution is -0.0663. The van der Waals surface area contributed by atoms with Crippen molar-refractivity contribution in [2.45, 2.75) is 30.3 Å². The number of carbonyl (C=O) groups excluding carboxylic acids is 1. The van der Waals surface area contributed by atoms with Gasteiger partial charge in [-0.2, -0.15) is 8.62 Å². The predicted molar refractivity (Wildman–Crippen MR) is 102 cm³/mol. The summed E-state index contributed by atoms with van der Waals surface area (Å²) in [5.74, 6) is -2.33. The number of guanidine groups is 1. The lowest BCUT2D eigenvalue weighted by atomic mass is 10.1. The Bertz CT molecular complexity index is 958. The molecule has 0 aromatic rings. The zero-order valence-corrected chi connectivity index (χ0v) is 18.7. The van der Waals surface area contributed by atoms with Gasteiger partial charge in [0.15, 0.2) is 18.0 Å². The summed E-state index contributed by atoms with van der Waals surface area (Å²) in [7, 11) is -16.9. The number of aliphatic hydroxyl groups excluding tert-OH is 2. The molecule has 20 nitrogen and oxygen atoms in total. The fraction of sp³-hybridized carbons (Fsp3) is 0.600. The standard InChI is InChI=1S/C10H21N6O14P3/c11-8(12)14-10(13)1-2-16(9(19)15-10)7-6(18)5(17)4(28-7)3-27-32(23,24)30-33(25,26)29-31(20,21)22/h1-2,4-7,17-18H,3,13H2,(H,15,19)(H,23,24)(H,25,26)(H4,11,12,14)(H2,20,21,22)/t4-,5-,6-,7-,10?/m1/s1. The minimum Gasteiger partial charge on any atom is -0.387 e. The third-order valence-electron chi connectivity index (χ3n) is 3.82. The van der Waals surface area contributed by atoms with Crippen molar-refractivity contribution in [3.8, 4) is 0 Å². The lowest BCUT2D eigenvalue weighted by Crippen LogP contribution is -2.71. The molecule has 0 bridgehead atoms. The van der Waals surface area contributed by atoms with Crippen LogP contribution in [-0.4, -0.2) is 83.6 Å². The van der Waals surface area contributed by atoms with E-state index in [1.165, 1.54) is 0 Å². The Morgan fingerprint density at radius 2 is 1.82 bits per heavy atom. The monoisotopic (exact) mass is 542 g/mol. The molecule has 2 amide bonds. The smallest absolute Gasteiger partial charge is 0.387 e. The quantitative estimate of drug-likeness (QED) is 0.0580. The van der Waals surface area contributed by atoms with Gasteiger partial charge in [0, 0.05) is 6.20 Å². The van der Waals surface area contributed by atoms with Gasteiger partial charge in [-0.15, -0.1) is 0 Å². The van der Waals surface area contributed by atoms with Crippen LogP contribution in [0.2, 0.25) is 0 Å². The Labute approximate surface area is 184 Å². The second-order valence-corrected chi connectivity index (χ2v) is 10.9. The highest BCUT2D eigenvalue weighted by Gasteiger charge is 2.49. The second-order valence-electron chi connectivity index (χ2n) is 6.49. The van der Waals surface area contributed by atoms with Crippen LogP contribution in [-0.2, 0) is 31.6 Å². The fourth-order valence-corrected chi connectivity index (χ4v) is 5.64. The van der Waals surface area contributed by atoms with E-state index in [1.54, 1.807) is 0 Å². The number of phosphoric acid groups is 3. The minimum absolute atomic E-state index is 0.574. The largest absolute Gasteiger partial charge is 0.490 e. The summed E-state index contributed by atoms with van der Waals surface area (Å²) in [5.41, 5.74) is 10.9. The van der Waals surface area contributed by atoms with E-state index >= 15 is 0 Å². The molecule has 0 saturated carbocycles. The van der Waals surface area contributed by atoms with Gasteiger partial charge in [0.25, 0.3) is 0 Å². The van der Waals surface area contributed by atoms with Crippen LogP contribution in [0, 0.1) is 5.41 Å². The van der Waals surface area contributed by atoms with Gasteiger partial charge >= 0.3 is 29.5 Å². The third-order valence-corrected chi connectivity index (χ3v) is 7.62. The second kappa shape index (κ2) is 9.65. The maximum absolute atomic E-state index is 12.3. The van der Waals surface area contributed by atoms with Crippen molar-refractivity contribution in [2.24, 2.45) is 11.5 Å². The zero-order chi connectivity index (χ0) is 25.4. The number of aliphatic hydroxyl groups is 2. The molecule has 7 atom stereocenters. The number of urea groups is 1. The Kier molecular flexibility index (Phi) is 8.12. The molecule has 0 spiro atoms. The Morgan fingerprint density at radius 1 is 1.21 bits per heavy atom. The van der Waals surface area contributed by atoms with E-state index in [1.807, 2.05) is 0 Å². The number of ether oxygens (including phenoxy) is 1. The number of nitrogens with zero attached hydrogens (tertiary/aromatic N) is 1. The van der Waals surface area contributed by atoms with Crippen LogP contribution in [0.3, 0.4) is 0 Å². The molecule has 13 N–H and O–H groups in total. The Morgan fingerprint density at radius 3 is 2.33 bits per heavy atom. The maximum Gasteiger partial charge on any atom is 0.490 e. The average Bonchev–Trinajstić information content (AvgIpc) is 2.84. The summed E-state index contributed by atoms with van der Waals surface area (Å²) >= 11 is 0. The van der Waals surface area contributed by atoms with Crippen molar-refractivity contribution in [3.63, 3.8) is 0 Å². The lowest BCUT2D eigenvalue weighted by Gasteiger charge is -2.37. The van der Waals surface area contributed by atoms with E-state index in [9.17, 15) is 33.6 Å². The van der Waals surface area contributed by atoms with Crippen molar-refractivity contribution in [2.75, 3.05) is 6.61 Å². The van der Waals surface area contributed by atoms with Crippen molar-refractivity contribution in [3.05, 3.63) is 12.3 Å². The van der Waals surface area contributed by atoms with Crippen LogP contribution in [0.4, 0.5) is 4.79 Å². The number of rotatable bonds is 9. The van der Waals surface area contributed by atoms with Crippen LogP contribution in [0.1, 0.15) is 0 Å². The molecule has 1 fully saturated rings. The molecule has 33 heavy (non-hydrogen) atoms. The highest BCUT2D eigenvalue weighted by molar-refractivity contribution is 7.66. The van der Waals surface area contributed by atoms with Gasteiger partial charge in [0.05, 0.1) is 6.61 Å². The van der Waals surface area contributed by atoms with E-state index in [2.05, 4.69) is 23.8 Å². The summed E-state index contributed by atoms with van der Waals surface area (Å²) in [6.45, 7) is -1.07. The van der Waals surface area contributed by atoms with E-state index < -0.39 is 72.4 Å². The van der Waals surface area contributed by atoms with E-state index in [4.69, 9.17) is 36.3 Å². The van der Waals surface area contributed by atoms with Gasteiger partial charge < -0.3 is 45.6 Å². The number of phosphoric ester groups is 1. The summed E-state index contributed by atoms with van der Waals surface area (Å²) < 4.78 is 50.3. The zero-order valence-electron chi connectivity index (χ0n) is 16.1. The average molecular weight is 542 g/mol. The van der Waals surface area contributed by atoms with Crippen molar-refractivity contribution >= 4 is 35.5 Å². The molecule has 0 radical (unpaired) electrons. The molecule has 23 heteroatoms. The molecule has 2 aliphatic rings. The van der Waals surface area contributed by atoms with E-state index in [0.717, 1.165) is 17.2 Å². The summed E-state index contributed by atoms with van der Waals surface area (Å²) in [5, 5.41) is 31.9. The molecule has 3 unspecified atom stereocenters. The molecule has 190 valence electrons. The molecular weight excluding hydrogens is 521 g/mol. The topological polar surface area (TPSA) is 330 Å². The SMILES string of the molecule is N=C(N)NC1(N)C=CN([C@@H]2O[C@H](COP(=O)(O)OP(=O)(O)OP(=O)(O)O)[C@@H](O)[C@H]2O)C(=O)N1. The van der Waals surface area contributed by atoms with Crippen LogP contribution in [0.15, 0.2) is 12.3 Å². The molecule has 0 aliphatic carbocycles. The minimum atomic E-state index is -5.76. The Hall–Kier alpha value is -1.47. The number of nitrogens with two attached hydrogens (primary N) is 2. The Balaban J connectivity index is 2.03. The van der Waals surface area contributed by atoms with E-state index in [-0.39, 0.29) is 0 Å². The van der Waals surface area contributed by atoms with Gasteiger partial charge in [-0.3, -0.25) is 25.9 Å². The molecule has 1 saturated heterocycles. The highest BCUT2D eigenvalue weighted by atomic mass is 31.3. The summed E-state index contributed by atoms with van der Waals surface area (Å²) in [6.07, 6.45) is -4.63. The number of carbonyl (C=O) groups is 1. The van der Waals surface area contributed by atoms with Crippen LogP contribution in [0.25, 0.3) is 0 Å². The first-order valence-electron chi connectivity index (χ1n) is 8.34. The summed E-state index contributed by atoms with van der Waals surface area (Å²) in [4.78, 5) is 48.6. The molecule has 2 heterocycles. The van der Waals surface area contributed by atoms with Crippen LogP contribution in [0.5, 0.6) is 0 Å². The fourth-order valence-electron chi connectivity index (χ4n) is 2.61. The first kappa shape index (κ1) is 27.8. The molecule has 0 aromatic carbocycles. The van der Waals surface area contributed by atoms with Gasteiger partial charge in [-0.25, -0.2) is 18.5 Å². The van der Waals surface area contributed by atoms with E-state index in [0.29, 0.717) is 0 Å². The van der Waals surface area contributed by atoms with Gasteiger partial charge in [-0.05, 0) is 6.08 Å². The molecule has 2 rings (SSSR count). The maximum atomic E-state index is 12.3. The normalized spacial score (nSPS) is 33.8. The first-order valence-corrected chi connectivity index (χ1v) is 12.9. The highest BCUT2D eigenvalue weighted by Crippen LogP contribution is 2.66. The number of hydrogen-bond donors (Lipinski definition) is 11. The molecule has 2 aliphatic heterocycles. The van der Waals surface area contributed by atoms with Gasteiger partial charge in [0.1, 0.15) is 18.3 Å². The molecule has 0 aromatic heterocycles. The van der Waals surface area contributed by atoms with Gasteiger partial charge in [-0.1, -0.05) is 0 Å². The van der Waals surface area contributed by atoms with Crippen LogP contribution >= 0.6 is 23.5 Å².